The Hall–Kier alpha value is -0.990. The number of hydrogen-bond acceptors (Lipinski definition) is 2. The second kappa shape index (κ2) is 5.33. The van der Waals surface area contributed by atoms with E-state index in [9.17, 15) is 26.3 Å². The maximum Gasteiger partial charge on any atom is 0.490 e. The van der Waals surface area contributed by atoms with Crippen LogP contribution in [0, 0.1) is 0 Å². The molecule has 1 aromatic carbocycles. The van der Waals surface area contributed by atoms with Crippen LogP contribution in [0.3, 0.4) is 0 Å². The van der Waals surface area contributed by atoms with Crippen molar-refractivity contribution in [1.29, 1.82) is 0 Å². The third-order valence-corrected chi connectivity index (χ3v) is 2.05. The highest BCUT2D eigenvalue weighted by atomic mass is 35.5. The van der Waals surface area contributed by atoms with Crippen LogP contribution in [-0.2, 0) is 4.84 Å². The van der Waals surface area contributed by atoms with Crippen molar-refractivity contribution in [3.05, 3.63) is 35.9 Å². The Bertz CT molecular complexity index is 365. The number of hydrogen-bond donors (Lipinski definition) is 0. The number of rotatable bonds is 3. The van der Waals surface area contributed by atoms with Crippen LogP contribution < -0.4 is 0 Å². The Balaban J connectivity index is 2.86. The van der Waals surface area contributed by atoms with Crippen molar-refractivity contribution in [2.75, 3.05) is 0 Å². The van der Waals surface area contributed by atoms with E-state index >= 15 is 0 Å². The van der Waals surface area contributed by atoms with Crippen molar-refractivity contribution < 1.29 is 31.2 Å². The highest BCUT2D eigenvalue weighted by Crippen LogP contribution is 2.37. The lowest BCUT2D eigenvalue weighted by atomic mass is 10.2. The third kappa shape index (κ3) is 4.04. The molecule has 1 aromatic rings. The van der Waals surface area contributed by atoms with Crippen molar-refractivity contribution in [3.63, 3.8) is 0 Å². The topological polar surface area (TPSA) is 12.5 Å². The summed E-state index contributed by atoms with van der Waals surface area (Å²) in [6.07, 6.45) is -11.5. The lowest BCUT2D eigenvalue weighted by Crippen LogP contribution is -2.48. The molecule has 0 saturated carbocycles. The molecule has 1 atom stereocenters. The van der Waals surface area contributed by atoms with Crippen LogP contribution in [-0.4, -0.2) is 17.7 Å². The lowest BCUT2D eigenvalue weighted by Gasteiger charge is -2.27. The smallest absolute Gasteiger partial charge is 0.259 e. The van der Waals surface area contributed by atoms with Crippen LogP contribution in [0.5, 0.6) is 0 Å². The fourth-order valence-corrected chi connectivity index (χ4v) is 1.25. The Morgan fingerprint density at radius 1 is 0.944 bits per heavy atom. The Morgan fingerprint density at radius 3 is 1.78 bits per heavy atom. The maximum absolute atomic E-state index is 12.1. The largest absolute Gasteiger partial charge is 0.490 e. The summed E-state index contributed by atoms with van der Waals surface area (Å²) >= 11 is 5.35. The van der Waals surface area contributed by atoms with Crippen LogP contribution >= 0.6 is 11.6 Å². The zero-order chi connectivity index (χ0) is 14.0. The molecule has 0 aliphatic carbocycles. The first-order chi connectivity index (χ1) is 8.12. The van der Waals surface area contributed by atoms with Gasteiger partial charge in [0.1, 0.15) is 0 Å². The Kier molecular flexibility index (Phi) is 4.46. The van der Waals surface area contributed by atoms with E-state index in [-0.39, 0.29) is 5.56 Å². The highest BCUT2D eigenvalue weighted by molar-refractivity contribution is 6.19. The first-order valence-corrected chi connectivity index (χ1v) is 4.85. The fourth-order valence-electron chi connectivity index (χ4n) is 1.02. The van der Waals surface area contributed by atoms with Gasteiger partial charge in [-0.05, 0) is 5.56 Å². The van der Waals surface area contributed by atoms with Gasteiger partial charge in [-0.25, -0.2) is 0 Å². The minimum absolute atomic E-state index is 0.0299. The molecule has 0 spiro atoms. The van der Waals surface area contributed by atoms with E-state index < -0.39 is 23.2 Å². The minimum Gasteiger partial charge on any atom is -0.259 e. The molecule has 0 aliphatic rings. The molecule has 18 heavy (non-hydrogen) atoms. The molecular weight excluding hydrogens is 288 g/mol. The molecule has 102 valence electrons. The molecule has 9 heteroatoms. The molecule has 0 aromatic heterocycles. The van der Waals surface area contributed by atoms with E-state index in [2.05, 4.69) is 4.84 Å². The zero-order valence-electron chi connectivity index (χ0n) is 8.47. The van der Waals surface area contributed by atoms with Gasteiger partial charge in [-0.3, -0.25) is 4.84 Å². The summed E-state index contributed by atoms with van der Waals surface area (Å²) in [5.74, 6) is 0. The number of alkyl halides is 7. The Morgan fingerprint density at radius 2 is 1.39 bits per heavy atom. The van der Waals surface area contributed by atoms with Gasteiger partial charge in [-0.15, -0.1) is 0 Å². The minimum atomic E-state index is -5.74. The average Bonchev–Trinajstić information content (AvgIpc) is 2.23. The van der Waals surface area contributed by atoms with Crippen LogP contribution in [0.2, 0.25) is 0 Å². The SMILES string of the molecule is FC(F)(F)N(OC(Cl)c1ccccc1)C(F)(F)F. The summed E-state index contributed by atoms with van der Waals surface area (Å²) in [5, 5.41) is -2.04. The zero-order valence-corrected chi connectivity index (χ0v) is 9.22. The van der Waals surface area contributed by atoms with E-state index in [1.165, 1.54) is 30.3 Å². The molecular formula is C9H6ClF6NO. The van der Waals surface area contributed by atoms with E-state index in [1.54, 1.807) is 0 Å². The van der Waals surface area contributed by atoms with E-state index in [0.29, 0.717) is 0 Å². The average molecular weight is 294 g/mol. The molecule has 0 aliphatic heterocycles. The highest BCUT2D eigenvalue weighted by Gasteiger charge is 2.56. The molecule has 0 saturated heterocycles. The summed E-state index contributed by atoms with van der Waals surface area (Å²) in [6.45, 7) is 0. The van der Waals surface area contributed by atoms with Gasteiger partial charge in [0.15, 0.2) is 5.56 Å². The second-order valence-corrected chi connectivity index (χ2v) is 3.46. The van der Waals surface area contributed by atoms with Gasteiger partial charge in [0, 0.05) is 5.06 Å². The molecule has 0 bridgehead atoms. The molecule has 0 radical (unpaired) electrons. The van der Waals surface area contributed by atoms with Crippen molar-refractivity contribution in [2.24, 2.45) is 0 Å². The van der Waals surface area contributed by atoms with Gasteiger partial charge < -0.3 is 0 Å². The number of nitrogens with zero attached hydrogens (tertiary/aromatic N) is 1. The van der Waals surface area contributed by atoms with Crippen molar-refractivity contribution in [2.45, 2.75) is 18.2 Å². The summed E-state index contributed by atoms with van der Waals surface area (Å²) in [6, 6.07) is 6.81. The van der Waals surface area contributed by atoms with E-state index in [0.717, 1.165) is 0 Å². The predicted octanol–water partition coefficient (Wildman–Crippen LogP) is 4.20. The summed E-state index contributed by atoms with van der Waals surface area (Å²) in [7, 11) is 0. The molecule has 0 amide bonds. The van der Waals surface area contributed by atoms with Gasteiger partial charge in [0.05, 0.1) is 0 Å². The van der Waals surface area contributed by atoms with Crippen molar-refractivity contribution in [3.8, 4) is 0 Å². The van der Waals surface area contributed by atoms with Crippen LogP contribution in [0.25, 0.3) is 0 Å². The van der Waals surface area contributed by atoms with E-state index in [4.69, 9.17) is 11.6 Å². The van der Waals surface area contributed by atoms with Crippen LogP contribution in [0.1, 0.15) is 11.1 Å². The molecule has 0 heterocycles. The van der Waals surface area contributed by atoms with Gasteiger partial charge in [-0.2, -0.15) is 26.3 Å². The van der Waals surface area contributed by atoms with Gasteiger partial charge in [0.2, 0.25) is 0 Å². The van der Waals surface area contributed by atoms with Crippen molar-refractivity contribution in [1.82, 2.24) is 5.06 Å². The van der Waals surface area contributed by atoms with Gasteiger partial charge in [0.25, 0.3) is 0 Å². The number of benzene rings is 1. The maximum atomic E-state index is 12.1. The van der Waals surface area contributed by atoms with Gasteiger partial charge in [-0.1, -0.05) is 41.9 Å². The van der Waals surface area contributed by atoms with Gasteiger partial charge >= 0.3 is 12.6 Å². The summed E-state index contributed by atoms with van der Waals surface area (Å²) in [5.41, 5.74) is -1.94. The van der Waals surface area contributed by atoms with E-state index in [1.807, 2.05) is 0 Å². The van der Waals surface area contributed by atoms with Crippen LogP contribution in [0.15, 0.2) is 30.3 Å². The number of hydroxylamine groups is 2. The standard InChI is InChI=1S/C9H6ClF6NO/c10-7(6-4-2-1-3-5-6)18-17(8(11,12)13)9(14,15)16/h1-5,7H. The fraction of sp³-hybridized carbons (Fsp3) is 0.333. The lowest BCUT2D eigenvalue weighted by molar-refractivity contribution is -0.487. The summed E-state index contributed by atoms with van der Waals surface area (Å²) in [4.78, 5) is 3.71. The quantitative estimate of drug-likeness (QED) is 0.358. The monoisotopic (exact) mass is 293 g/mol. The molecule has 0 fully saturated rings. The second-order valence-electron chi connectivity index (χ2n) is 3.06. The first kappa shape index (κ1) is 15.1. The molecule has 1 rings (SSSR count). The third-order valence-electron chi connectivity index (χ3n) is 1.72. The molecule has 2 nitrogen and oxygen atoms in total. The Labute approximate surface area is 103 Å². The van der Waals surface area contributed by atoms with Crippen molar-refractivity contribution >= 4 is 11.6 Å². The molecule has 0 N–H and O–H groups in total. The summed E-state index contributed by atoms with van der Waals surface area (Å²) < 4.78 is 72.7. The predicted molar refractivity (Wildman–Crippen MR) is 50.1 cm³/mol. The first-order valence-electron chi connectivity index (χ1n) is 4.42. The molecule has 1 unspecified atom stereocenters. The normalized spacial score (nSPS) is 14.9. The van der Waals surface area contributed by atoms with Crippen LogP contribution in [0.4, 0.5) is 26.3 Å². The number of halogens is 7.